The van der Waals surface area contributed by atoms with Crippen molar-refractivity contribution in [3.05, 3.63) is 26.7 Å². The standard InChI is InChI=1S/C19H26N4O2/c1-10(2)9-23-15-14(16(24)22(3)18(23)25)20-17(21-15)19-7-11-4-12(8-19)6-13(19)5-11/h10-13H,4-9H2,1-3H3,(H,20,21). The van der Waals surface area contributed by atoms with Crippen LogP contribution < -0.4 is 11.2 Å². The molecule has 0 aromatic carbocycles. The molecule has 4 aliphatic carbocycles. The molecule has 0 spiro atoms. The zero-order chi connectivity index (χ0) is 17.5. The maximum atomic E-state index is 12.7. The Morgan fingerprint density at radius 3 is 2.52 bits per heavy atom. The van der Waals surface area contributed by atoms with E-state index in [9.17, 15) is 9.59 Å². The number of rotatable bonds is 3. The summed E-state index contributed by atoms with van der Waals surface area (Å²) in [5, 5.41) is 0. The minimum Gasteiger partial charge on any atom is -0.336 e. The lowest BCUT2D eigenvalue weighted by atomic mass is 9.75. The molecule has 2 atom stereocenters. The molecule has 1 N–H and O–H groups in total. The highest BCUT2D eigenvalue weighted by Gasteiger charge is 2.59. The van der Waals surface area contributed by atoms with Crippen LogP contribution >= 0.6 is 0 Å². The van der Waals surface area contributed by atoms with Crippen molar-refractivity contribution in [2.24, 2.45) is 30.7 Å². The van der Waals surface area contributed by atoms with Gasteiger partial charge in [0.2, 0.25) is 0 Å². The molecule has 4 fully saturated rings. The second kappa shape index (κ2) is 4.86. The van der Waals surface area contributed by atoms with Crippen molar-refractivity contribution in [3.8, 4) is 0 Å². The third kappa shape index (κ3) is 1.94. The van der Waals surface area contributed by atoms with Gasteiger partial charge >= 0.3 is 5.69 Å². The number of aromatic amines is 1. The minimum atomic E-state index is -0.265. The van der Waals surface area contributed by atoms with Crippen molar-refractivity contribution in [2.75, 3.05) is 0 Å². The molecular formula is C19H26N4O2. The van der Waals surface area contributed by atoms with Crippen LogP contribution in [-0.2, 0) is 19.0 Å². The number of fused-ring (bicyclic) bond motifs is 1. The van der Waals surface area contributed by atoms with E-state index in [1.165, 1.54) is 36.7 Å². The highest BCUT2D eigenvalue weighted by molar-refractivity contribution is 5.70. The van der Waals surface area contributed by atoms with Crippen molar-refractivity contribution in [2.45, 2.75) is 57.9 Å². The fraction of sp³-hybridized carbons (Fsp3) is 0.737. The van der Waals surface area contributed by atoms with Crippen LogP contribution in [0, 0.1) is 23.7 Å². The molecule has 6 heteroatoms. The lowest BCUT2D eigenvalue weighted by molar-refractivity contribution is 0.262. The largest absolute Gasteiger partial charge is 0.336 e. The number of nitrogens with one attached hydrogen (secondary N) is 1. The van der Waals surface area contributed by atoms with E-state index in [2.05, 4.69) is 18.8 Å². The smallest absolute Gasteiger partial charge is 0.332 e. The summed E-state index contributed by atoms with van der Waals surface area (Å²) in [7, 11) is 1.56. The molecule has 2 aromatic rings. The Morgan fingerprint density at radius 2 is 1.88 bits per heavy atom. The normalized spacial score (nSPS) is 33.2. The molecule has 4 bridgehead atoms. The first-order chi connectivity index (χ1) is 11.9. The van der Waals surface area contributed by atoms with Crippen molar-refractivity contribution < 1.29 is 0 Å². The summed E-state index contributed by atoms with van der Waals surface area (Å²) in [4.78, 5) is 33.6. The van der Waals surface area contributed by atoms with E-state index in [1.54, 1.807) is 11.6 Å². The van der Waals surface area contributed by atoms with E-state index in [0.29, 0.717) is 29.5 Å². The zero-order valence-corrected chi connectivity index (χ0v) is 15.2. The fourth-order valence-electron chi connectivity index (χ4n) is 6.18. The highest BCUT2D eigenvalue weighted by Crippen LogP contribution is 2.65. The molecule has 4 saturated carbocycles. The Kier molecular flexibility index (Phi) is 3.00. The Morgan fingerprint density at radius 1 is 1.20 bits per heavy atom. The molecule has 6 rings (SSSR count). The van der Waals surface area contributed by atoms with Crippen LogP contribution in [0.15, 0.2) is 9.59 Å². The van der Waals surface area contributed by atoms with Gasteiger partial charge in [-0.3, -0.25) is 13.9 Å². The topological polar surface area (TPSA) is 72.7 Å². The van der Waals surface area contributed by atoms with Crippen LogP contribution in [-0.4, -0.2) is 19.1 Å². The van der Waals surface area contributed by atoms with E-state index in [-0.39, 0.29) is 16.7 Å². The first-order valence-corrected chi connectivity index (χ1v) is 9.59. The lowest BCUT2D eigenvalue weighted by Crippen LogP contribution is -2.38. The molecule has 0 aliphatic heterocycles. The monoisotopic (exact) mass is 342 g/mol. The molecule has 0 amide bonds. The third-order valence-electron chi connectivity index (χ3n) is 6.99. The van der Waals surface area contributed by atoms with Gasteiger partial charge in [0.1, 0.15) is 11.3 Å². The summed E-state index contributed by atoms with van der Waals surface area (Å²) in [5.41, 5.74) is 0.652. The number of H-pyrrole nitrogens is 1. The average molecular weight is 342 g/mol. The number of aromatic nitrogens is 4. The predicted octanol–water partition coefficient (Wildman–Crippen LogP) is 2.16. The van der Waals surface area contributed by atoms with Crippen molar-refractivity contribution >= 4 is 11.2 Å². The molecule has 2 heterocycles. The lowest BCUT2D eigenvalue weighted by Gasteiger charge is -2.30. The van der Waals surface area contributed by atoms with E-state index in [4.69, 9.17) is 4.98 Å². The van der Waals surface area contributed by atoms with Gasteiger partial charge in [-0.2, -0.15) is 0 Å². The Balaban J connectivity index is 1.74. The Labute approximate surface area is 146 Å². The second-order valence-corrected chi connectivity index (χ2v) is 9.14. The molecule has 0 saturated heterocycles. The van der Waals surface area contributed by atoms with Gasteiger partial charge in [0.15, 0.2) is 5.65 Å². The van der Waals surface area contributed by atoms with Gasteiger partial charge < -0.3 is 4.98 Å². The predicted molar refractivity (Wildman–Crippen MR) is 95.7 cm³/mol. The van der Waals surface area contributed by atoms with E-state index in [0.717, 1.165) is 17.7 Å². The van der Waals surface area contributed by atoms with Crippen molar-refractivity contribution in [1.82, 2.24) is 19.1 Å². The van der Waals surface area contributed by atoms with Gasteiger partial charge in [0.05, 0.1) is 0 Å². The summed E-state index contributed by atoms with van der Waals surface area (Å²) in [6.07, 6.45) is 6.39. The molecule has 0 radical (unpaired) electrons. The molecule has 134 valence electrons. The molecule has 4 aliphatic rings. The summed E-state index contributed by atoms with van der Waals surface area (Å²) in [6, 6.07) is 0. The van der Waals surface area contributed by atoms with E-state index < -0.39 is 0 Å². The zero-order valence-electron chi connectivity index (χ0n) is 15.2. The van der Waals surface area contributed by atoms with Gasteiger partial charge in [0, 0.05) is 19.0 Å². The third-order valence-corrected chi connectivity index (χ3v) is 6.99. The van der Waals surface area contributed by atoms with Crippen LogP contribution in [0.2, 0.25) is 0 Å². The molecule has 25 heavy (non-hydrogen) atoms. The average Bonchev–Trinajstić information content (AvgIpc) is 3.17. The first-order valence-electron chi connectivity index (χ1n) is 9.59. The van der Waals surface area contributed by atoms with Gasteiger partial charge in [-0.15, -0.1) is 0 Å². The van der Waals surface area contributed by atoms with Crippen molar-refractivity contribution in [3.63, 3.8) is 0 Å². The molecule has 2 unspecified atom stereocenters. The summed E-state index contributed by atoms with van der Waals surface area (Å²) >= 11 is 0. The molecule has 6 nitrogen and oxygen atoms in total. The summed E-state index contributed by atoms with van der Waals surface area (Å²) in [6.45, 7) is 4.73. The summed E-state index contributed by atoms with van der Waals surface area (Å²) in [5.74, 6) is 3.64. The number of nitrogens with zero attached hydrogens (tertiary/aromatic N) is 3. The van der Waals surface area contributed by atoms with Crippen LogP contribution in [0.5, 0.6) is 0 Å². The number of hydrogen-bond donors (Lipinski definition) is 1. The van der Waals surface area contributed by atoms with Crippen LogP contribution in [0.4, 0.5) is 0 Å². The van der Waals surface area contributed by atoms with Crippen LogP contribution in [0.25, 0.3) is 11.2 Å². The number of imidazole rings is 1. The maximum absolute atomic E-state index is 12.7. The Bertz CT molecular complexity index is 966. The number of hydrogen-bond acceptors (Lipinski definition) is 3. The molecule has 2 aromatic heterocycles. The molecular weight excluding hydrogens is 316 g/mol. The second-order valence-electron chi connectivity index (χ2n) is 9.14. The Hall–Kier alpha value is -1.85. The fourth-order valence-corrected chi connectivity index (χ4v) is 6.18. The SMILES string of the molecule is CC(C)Cn1c(=O)n(C)c(=O)c2[nH]c(C34CC5CC(CC3C5)C4)nc21. The maximum Gasteiger partial charge on any atom is 0.332 e. The van der Waals surface area contributed by atoms with E-state index in [1.807, 2.05) is 0 Å². The highest BCUT2D eigenvalue weighted by atomic mass is 16.2. The first kappa shape index (κ1) is 15.4. The minimum absolute atomic E-state index is 0.121. The van der Waals surface area contributed by atoms with Crippen molar-refractivity contribution in [1.29, 1.82) is 0 Å². The van der Waals surface area contributed by atoms with Gasteiger partial charge in [-0.1, -0.05) is 13.8 Å². The van der Waals surface area contributed by atoms with Gasteiger partial charge in [-0.25, -0.2) is 9.78 Å². The van der Waals surface area contributed by atoms with Crippen LogP contribution in [0.1, 0.15) is 51.8 Å². The summed E-state index contributed by atoms with van der Waals surface area (Å²) < 4.78 is 2.89. The van der Waals surface area contributed by atoms with E-state index >= 15 is 0 Å². The van der Waals surface area contributed by atoms with Crippen LogP contribution in [0.3, 0.4) is 0 Å². The quantitative estimate of drug-likeness (QED) is 0.929. The van der Waals surface area contributed by atoms with Gasteiger partial charge in [-0.05, 0) is 55.8 Å². The van der Waals surface area contributed by atoms with Gasteiger partial charge in [0.25, 0.3) is 5.56 Å².